The first-order valence-electron chi connectivity index (χ1n) is 5.80. The number of rotatable bonds is 2. The van der Waals surface area contributed by atoms with Gasteiger partial charge in [0.2, 0.25) is 0 Å². The highest BCUT2D eigenvalue weighted by atomic mass is 16.1. The van der Waals surface area contributed by atoms with Gasteiger partial charge in [-0.1, -0.05) is 18.2 Å². The van der Waals surface area contributed by atoms with Crippen LogP contribution in [-0.4, -0.2) is 20.7 Å². The number of para-hydroxylation sites is 1. The van der Waals surface area contributed by atoms with Gasteiger partial charge in [0.05, 0.1) is 11.9 Å². The first-order chi connectivity index (χ1) is 8.66. The largest absolute Gasteiger partial charge is 0.358 e. The zero-order valence-corrected chi connectivity index (χ0v) is 10.2. The molecule has 2 aromatic heterocycles. The lowest BCUT2D eigenvalue weighted by molar-refractivity contribution is 0.100. The summed E-state index contributed by atoms with van der Waals surface area (Å²) in [6.45, 7) is 3.52. The molecule has 0 aliphatic carbocycles. The molecule has 2 N–H and O–H groups in total. The lowest BCUT2D eigenvalue weighted by atomic mass is 10.1. The summed E-state index contributed by atoms with van der Waals surface area (Å²) < 4.78 is 0. The highest BCUT2D eigenvalue weighted by molar-refractivity contribution is 5.97. The number of nitrogens with one attached hydrogen (secondary N) is 2. The Labute approximate surface area is 104 Å². The fraction of sp³-hybridized carbons (Fsp3) is 0.143. The molecule has 0 saturated heterocycles. The number of hydrogen-bond acceptors (Lipinski definition) is 2. The second-order valence-corrected chi connectivity index (χ2v) is 4.37. The standard InChI is InChI=1S/C14H13N3O/c1-8-13(10-5-3-4-6-11(10)16-8)12-7-15-14(17-12)9(2)18/h3-7,16H,1-2H3,(H,15,17). The monoisotopic (exact) mass is 239 g/mol. The predicted molar refractivity (Wildman–Crippen MR) is 70.6 cm³/mol. The van der Waals surface area contributed by atoms with Crippen LogP contribution in [0.2, 0.25) is 0 Å². The number of ketones is 1. The number of imidazole rings is 1. The number of nitrogens with zero attached hydrogens (tertiary/aromatic N) is 1. The average molecular weight is 239 g/mol. The van der Waals surface area contributed by atoms with Crippen molar-refractivity contribution < 1.29 is 4.79 Å². The maximum atomic E-state index is 11.3. The van der Waals surface area contributed by atoms with Crippen LogP contribution in [0, 0.1) is 6.92 Å². The Bertz CT molecular complexity index is 736. The summed E-state index contributed by atoms with van der Waals surface area (Å²) in [6, 6.07) is 8.09. The van der Waals surface area contributed by atoms with Crippen LogP contribution in [0.15, 0.2) is 30.5 Å². The number of benzene rings is 1. The third kappa shape index (κ3) is 1.54. The fourth-order valence-corrected chi connectivity index (χ4v) is 2.25. The van der Waals surface area contributed by atoms with Crippen molar-refractivity contribution in [1.29, 1.82) is 0 Å². The van der Waals surface area contributed by atoms with Gasteiger partial charge in [-0.25, -0.2) is 4.98 Å². The van der Waals surface area contributed by atoms with Crippen LogP contribution in [0.25, 0.3) is 22.2 Å². The minimum absolute atomic E-state index is 0.0567. The highest BCUT2D eigenvalue weighted by Crippen LogP contribution is 2.30. The van der Waals surface area contributed by atoms with E-state index >= 15 is 0 Å². The van der Waals surface area contributed by atoms with E-state index in [0.717, 1.165) is 27.9 Å². The van der Waals surface area contributed by atoms with E-state index in [1.807, 2.05) is 25.1 Å². The number of carbonyl (C=O) groups excluding carboxylic acids is 1. The van der Waals surface area contributed by atoms with Crippen LogP contribution in [0.1, 0.15) is 23.2 Å². The minimum atomic E-state index is -0.0567. The zero-order valence-electron chi connectivity index (χ0n) is 10.2. The van der Waals surface area contributed by atoms with Gasteiger partial charge in [0, 0.05) is 29.1 Å². The molecule has 3 rings (SSSR count). The van der Waals surface area contributed by atoms with Crippen LogP contribution < -0.4 is 0 Å². The molecule has 90 valence electrons. The average Bonchev–Trinajstić information content (AvgIpc) is 2.91. The van der Waals surface area contributed by atoms with Crippen molar-refractivity contribution in [3.8, 4) is 11.3 Å². The molecule has 0 fully saturated rings. The quantitative estimate of drug-likeness (QED) is 0.675. The van der Waals surface area contributed by atoms with E-state index in [1.54, 1.807) is 6.20 Å². The van der Waals surface area contributed by atoms with Crippen LogP contribution >= 0.6 is 0 Å². The van der Waals surface area contributed by atoms with Crippen molar-refractivity contribution >= 4 is 16.7 Å². The molecule has 0 aliphatic heterocycles. The molecule has 0 amide bonds. The number of fused-ring (bicyclic) bond motifs is 1. The topological polar surface area (TPSA) is 61.5 Å². The Balaban J connectivity index is 2.24. The molecule has 0 saturated carbocycles. The van der Waals surface area contributed by atoms with Crippen LogP contribution in [0.5, 0.6) is 0 Å². The van der Waals surface area contributed by atoms with Crippen molar-refractivity contribution in [3.63, 3.8) is 0 Å². The van der Waals surface area contributed by atoms with E-state index in [-0.39, 0.29) is 5.78 Å². The molecule has 3 aromatic rings. The third-order valence-electron chi connectivity index (χ3n) is 3.07. The lowest BCUT2D eigenvalue weighted by Gasteiger charge is -1.97. The number of carbonyl (C=O) groups is 1. The molecular formula is C14H13N3O. The fourth-order valence-electron chi connectivity index (χ4n) is 2.25. The Morgan fingerprint density at radius 1 is 1.22 bits per heavy atom. The molecule has 0 bridgehead atoms. The van der Waals surface area contributed by atoms with Gasteiger partial charge < -0.3 is 9.97 Å². The zero-order chi connectivity index (χ0) is 12.7. The predicted octanol–water partition coefficient (Wildman–Crippen LogP) is 3.07. The van der Waals surface area contributed by atoms with Gasteiger partial charge in [-0.15, -0.1) is 0 Å². The summed E-state index contributed by atoms with van der Waals surface area (Å²) in [5.41, 5.74) is 4.10. The number of aromatic nitrogens is 3. The van der Waals surface area contributed by atoms with Crippen molar-refractivity contribution in [1.82, 2.24) is 15.0 Å². The van der Waals surface area contributed by atoms with E-state index < -0.39 is 0 Å². The van der Waals surface area contributed by atoms with Gasteiger partial charge in [-0.2, -0.15) is 0 Å². The molecule has 0 spiro atoms. The molecule has 0 radical (unpaired) electrons. The molecule has 2 heterocycles. The summed E-state index contributed by atoms with van der Waals surface area (Å²) >= 11 is 0. The van der Waals surface area contributed by atoms with Gasteiger partial charge in [-0.3, -0.25) is 4.79 Å². The summed E-state index contributed by atoms with van der Waals surface area (Å²) in [5.74, 6) is 0.341. The van der Waals surface area contributed by atoms with Gasteiger partial charge in [-0.05, 0) is 13.0 Å². The van der Waals surface area contributed by atoms with Crippen molar-refractivity contribution in [2.75, 3.05) is 0 Å². The van der Waals surface area contributed by atoms with E-state index in [2.05, 4.69) is 21.0 Å². The van der Waals surface area contributed by atoms with Gasteiger partial charge in [0.15, 0.2) is 11.6 Å². The number of H-pyrrole nitrogens is 2. The van der Waals surface area contributed by atoms with Gasteiger partial charge >= 0.3 is 0 Å². The maximum absolute atomic E-state index is 11.3. The van der Waals surface area contributed by atoms with E-state index in [1.165, 1.54) is 6.92 Å². The Morgan fingerprint density at radius 2 is 2.00 bits per heavy atom. The van der Waals surface area contributed by atoms with Crippen LogP contribution in [0.3, 0.4) is 0 Å². The summed E-state index contributed by atoms with van der Waals surface area (Å²) in [5, 5.41) is 1.13. The molecular weight excluding hydrogens is 226 g/mol. The Hall–Kier alpha value is -2.36. The summed E-state index contributed by atoms with van der Waals surface area (Å²) in [4.78, 5) is 21.8. The summed E-state index contributed by atoms with van der Waals surface area (Å²) in [6.07, 6.45) is 1.71. The molecule has 4 heteroatoms. The maximum Gasteiger partial charge on any atom is 0.194 e. The van der Waals surface area contributed by atoms with Crippen molar-refractivity contribution in [2.24, 2.45) is 0 Å². The molecule has 4 nitrogen and oxygen atoms in total. The lowest BCUT2D eigenvalue weighted by Crippen LogP contribution is -1.94. The van der Waals surface area contributed by atoms with E-state index in [9.17, 15) is 4.79 Å². The van der Waals surface area contributed by atoms with Gasteiger partial charge in [0.25, 0.3) is 0 Å². The van der Waals surface area contributed by atoms with E-state index in [0.29, 0.717) is 5.82 Å². The Morgan fingerprint density at radius 3 is 2.72 bits per heavy atom. The van der Waals surface area contributed by atoms with E-state index in [4.69, 9.17) is 0 Å². The van der Waals surface area contributed by atoms with Crippen LogP contribution in [-0.2, 0) is 0 Å². The molecule has 18 heavy (non-hydrogen) atoms. The first kappa shape index (κ1) is 10.8. The second-order valence-electron chi connectivity index (χ2n) is 4.37. The third-order valence-corrected chi connectivity index (χ3v) is 3.07. The second kappa shape index (κ2) is 3.84. The smallest absolute Gasteiger partial charge is 0.194 e. The first-order valence-corrected chi connectivity index (χ1v) is 5.80. The van der Waals surface area contributed by atoms with Gasteiger partial charge in [0.1, 0.15) is 0 Å². The highest BCUT2D eigenvalue weighted by Gasteiger charge is 2.13. The SMILES string of the molecule is CC(=O)c1ncc(-c2c(C)[nH]c3ccccc23)[nH]1. The summed E-state index contributed by atoms with van der Waals surface area (Å²) in [7, 11) is 0. The molecule has 1 aromatic carbocycles. The normalized spacial score (nSPS) is 11.0. The minimum Gasteiger partial charge on any atom is -0.358 e. The Kier molecular flexibility index (Phi) is 2.30. The van der Waals surface area contributed by atoms with Crippen molar-refractivity contribution in [2.45, 2.75) is 13.8 Å². The number of hydrogen-bond donors (Lipinski definition) is 2. The number of aryl methyl sites for hydroxylation is 1. The van der Waals surface area contributed by atoms with Crippen molar-refractivity contribution in [3.05, 3.63) is 42.0 Å². The number of aromatic amines is 2. The van der Waals surface area contributed by atoms with Crippen LogP contribution in [0.4, 0.5) is 0 Å². The molecule has 0 unspecified atom stereocenters. The molecule has 0 atom stereocenters. The molecule has 0 aliphatic rings. The number of Topliss-reactive ketones (excluding diaryl/α,β-unsaturated/α-hetero) is 1.